The first kappa shape index (κ1) is 20.2. The Bertz CT molecular complexity index is 709. The highest BCUT2D eigenvalue weighted by Gasteiger charge is 2.25. The van der Waals surface area contributed by atoms with Crippen LogP contribution in [0.1, 0.15) is 29.2 Å². The number of hydrogen-bond acceptors (Lipinski definition) is 4. The van der Waals surface area contributed by atoms with Gasteiger partial charge in [-0.3, -0.25) is 9.59 Å². The van der Waals surface area contributed by atoms with Crippen molar-refractivity contribution in [1.82, 2.24) is 14.4 Å². The summed E-state index contributed by atoms with van der Waals surface area (Å²) in [7, 11) is 3.57. The van der Waals surface area contributed by atoms with Crippen molar-refractivity contribution in [3.05, 3.63) is 46.4 Å². The van der Waals surface area contributed by atoms with Crippen LogP contribution in [0.5, 0.6) is 0 Å². The van der Waals surface area contributed by atoms with Gasteiger partial charge in [0.05, 0.1) is 18.0 Å². The fraction of sp³-hybridized carbons (Fsp3) is 0.474. The molecule has 2 amide bonds. The van der Waals surface area contributed by atoms with E-state index in [0.29, 0.717) is 24.6 Å². The smallest absolute Gasteiger partial charge is 0.264 e. The predicted molar refractivity (Wildman–Crippen MR) is 103 cm³/mol. The van der Waals surface area contributed by atoms with Crippen LogP contribution in [0.25, 0.3) is 0 Å². The Balaban J connectivity index is 2.12. The molecule has 2 rings (SSSR count). The van der Waals surface area contributed by atoms with E-state index >= 15 is 0 Å². The molecule has 142 valence electrons. The molecule has 0 radical (unpaired) electrons. The van der Waals surface area contributed by atoms with Crippen LogP contribution in [-0.4, -0.2) is 59.0 Å². The normalized spacial score (nSPS) is 11.0. The number of methoxy groups -OCH3 is 1. The highest BCUT2D eigenvalue weighted by atomic mass is 32.1. The van der Waals surface area contributed by atoms with Crippen LogP contribution >= 0.6 is 11.3 Å². The maximum Gasteiger partial charge on any atom is 0.264 e. The summed E-state index contributed by atoms with van der Waals surface area (Å²) in [5.74, 6) is -0.184. The lowest BCUT2D eigenvalue weighted by atomic mass is 10.2. The molecule has 7 heteroatoms. The zero-order valence-electron chi connectivity index (χ0n) is 15.8. The van der Waals surface area contributed by atoms with E-state index in [1.165, 1.54) is 11.3 Å². The van der Waals surface area contributed by atoms with Gasteiger partial charge < -0.3 is 19.1 Å². The van der Waals surface area contributed by atoms with Gasteiger partial charge in [0, 0.05) is 38.6 Å². The summed E-state index contributed by atoms with van der Waals surface area (Å²) in [6.07, 6.45) is 1.95. The standard InChI is InChI=1S/C19H27N3O3S/c1-15(2)22(19(24)17-8-6-12-26-17)14-18(23)21(10-11-25-4)13-16-7-5-9-20(16)3/h5-9,12,15H,10-11,13-14H2,1-4H3. The first-order chi connectivity index (χ1) is 12.4. The fourth-order valence-electron chi connectivity index (χ4n) is 2.63. The number of aryl methyl sites for hydroxylation is 1. The van der Waals surface area contributed by atoms with Crippen molar-refractivity contribution in [3.63, 3.8) is 0 Å². The van der Waals surface area contributed by atoms with Crippen LogP contribution in [0.3, 0.4) is 0 Å². The minimum absolute atomic E-state index is 0.0581. The van der Waals surface area contributed by atoms with Crippen molar-refractivity contribution in [1.29, 1.82) is 0 Å². The molecule has 26 heavy (non-hydrogen) atoms. The molecule has 0 aliphatic heterocycles. The lowest BCUT2D eigenvalue weighted by Crippen LogP contribution is -2.46. The van der Waals surface area contributed by atoms with Gasteiger partial charge in [0.25, 0.3) is 5.91 Å². The van der Waals surface area contributed by atoms with E-state index in [9.17, 15) is 9.59 Å². The third-order valence-electron chi connectivity index (χ3n) is 4.24. The second-order valence-electron chi connectivity index (χ2n) is 6.42. The van der Waals surface area contributed by atoms with Crippen LogP contribution in [0.15, 0.2) is 35.8 Å². The first-order valence-electron chi connectivity index (χ1n) is 8.65. The molecular weight excluding hydrogens is 350 g/mol. The van der Waals surface area contributed by atoms with E-state index in [2.05, 4.69) is 0 Å². The zero-order valence-corrected chi connectivity index (χ0v) is 16.7. The van der Waals surface area contributed by atoms with Crippen molar-refractivity contribution in [3.8, 4) is 0 Å². The Hall–Kier alpha value is -2.12. The highest BCUT2D eigenvalue weighted by molar-refractivity contribution is 7.12. The van der Waals surface area contributed by atoms with E-state index in [4.69, 9.17) is 4.74 Å². The Kier molecular flexibility index (Phi) is 7.41. The highest BCUT2D eigenvalue weighted by Crippen LogP contribution is 2.15. The van der Waals surface area contributed by atoms with Crippen LogP contribution in [-0.2, 0) is 23.1 Å². The summed E-state index contributed by atoms with van der Waals surface area (Å²) < 4.78 is 7.14. The largest absolute Gasteiger partial charge is 0.383 e. The van der Waals surface area contributed by atoms with Gasteiger partial charge in [0.2, 0.25) is 5.91 Å². The summed E-state index contributed by atoms with van der Waals surface area (Å²) in [6.45, 7) is 5.34. The number of thiophene rings is 1. The quantitative estimate of drug-likeness (QED) is 0.675. The molecule has 0 atom stereocenters. The van der Waals surface area contributed by atoms with Gasteiger partial charge in [-0.2, -0.15) is 0 Å². The van der Waals surface area contributed by atoms with Gasteiger partial charge in [0.15, 0.2) is 0 Å². The molecule has 0 saturated carbocycles. The molecule has 6 nitrogen and oxygen atoms in total. The van der Waals surface area contributed by atoms with Crippen molar-refractivity contribution in [2.24, 2.45) is 7.05 Å². The Morgan fingerprint density at radius 3 is 2.58 bits per heavy atom. The molecule has 0 aliphatic rings. The average molecular weight is 378 g/mol. The predicted octanol–water partition coefficient (Wildman–Crippen LogP) is 2.61. The maximum absolute atomic E-state index is 12.9. The van der Waals surface area contributed by atoms with Crippen molar-refractivity contribution in [2.75, 3.05) is 26.8 Å². The molecule has 0 fully saturated rings. The summed E-state index contributed by atoms with van der Waals surface area (Å²) >= 11 is 1.39. The fourth-order valence-corrected chi connectivity index (χ4v) is 3.31. The molecule has 2 aromatic heterocycles. The monoisotopic (exact) mass is 377 g/mol. The van der Waals surface area contributed by atoms with Crippen molar-refractivity contribution >= 4 is 23.2 Å². The molecule has 0 aliphatic carbocycles. The van der Waals surface area contributed by atoms with Gasteiger partial charge in [-0.15, -0.1) is 11.3 Å². The van der Waals surface area contributed by atoms with Gasteiger partial charge >= 0.3 is 0 Å². The number of nitrogens with zero attached hydrogens (tertiary/aromatic N) is 3. The van der Waals surface area contributed by atoms with E-state index < -0.39 is 0 Å². The van der Waals surface area contributed by atoms with Gasteiger partial charge in [0.1, 0.15) is 6.54 Å². The average Bonchev–Trinajstić information content (AvgIpc) is 3.27. The molecule has 0 spiro atoms. The van der Waals surface area contributed by atoms with Crippen molar-refractivity contribution in [2.45, 2.75) is 26.4 Å². The van der Waals surface area contributed by atoms with Crippen LogP contribution < -0.4 is 0 Å². The Morgan fingerprint density at radius 2 is 2.04 bits per heavy atom. The SMILES string of the molecule is COCCN(Cc1cccn1C)C(=O)CN(C(=O)c1cccs1)C(C)C. The molecule has 0 aromatic carbocycles. The third-order valence-corrected chi connectivity index (χ3v) is 5.10. The number of ether oxygens (including phenoxy) is 1. The summed E-state index contributed by atoms with van der Waals surface area (Å²) in [4.78, 5) is 29.7. The van der Waals surface area contributed by atoms with Gasteiger partial charge in [-0.05, 0) is 37.4 Å². The topological polar surface area (TPSA) is 54.8 Å². The van der Waals surface area contributed by atoms with E-state index in [0.717, 1.165) is 5.69 Å². The number of aromatic nitrogens is 1. The molecule has 2 heterocycles. The third kappa shape index (κ3) is 5.19. The summed E-state index contributed by atoms with van der Waals surface area (Å²) in [5, 5.41) is 1.87. The minimum atomic E-state index is -0.103. The van der Waals surface area contributed by atoms with Crippen LogP contribution in [0.4, 0.5) is 0 Å². The number of amides is 2. The molecule has 0 N–H and O–H groups in total. The number of rotatable bonds is 9. The summed E-state index contributed by atoms with van der Waals surface area (Å²) in [5.41, 5.74) is 1.04. The molecule has 0 unspecified atom stereocenters. The maximum atomic E-state index is 12.9. The molecular formula is C19H27N3O3S. The van der Waals surface area contributed by atoms with Crippen LogP contribution in [0, 0.1) is 0 Å². The van der Waals surface area contributed by atoms with Gasteiger partial charge in [-0.25, -0.2) is 0 Å². The van der Waals surface area contributed by atoms with E-state index in [1.54, 1.807) is 23.0 Å². The zero-order chi connectivity index (χ0) is 19.1. The van der Waals surface area contributed by atoms with Crippen molar-refractivity contribution < 1.29 is 14.3 Å². The van der Waals surface area contributed by atoms with Gasteiger partial charge in [-0.1, -0.05) is 6.07 Å². The number of carbonyl (C=O) groups excluding carboxylic acids is 2. The van der Waals surface area contributed by atoms with E-state index in [1.807, 2.05) is 55.2 Å². The second kappa shape index (κ2) is 9.54. The summed E-state index contributed by atoms with van der Waals surface area (Å²) in [6, 6.07) is 7.52. The number of hydrogen-bond donors (Lipinski definition) is 0. The second-order valence-corrected chi connectivity index (χ2v) is 7.37. The lowest BCUT2D eigenvalue weighted by molar-refractivity contribution is -0.133. The molecule has 2 aromatic rings. The molecule has 0 bridgehead atoms. The minimum Gasteiger partial charge on any atom is -0.383 e. The first-order valence-corrected chi connectivity index (χ1v) is 9.53. The Morgan fingerprint density at radius 1 is 1.27 bits per heavy atom. The van der Waals surface area contributed by atoms with E-state index in [-0.39, 0.29) is 24.4 Å². The number of carbonyl (C=O) groups is 2. The molecule has 0 saturated heterocycles. The Labute approximate surface area is 159 Å². The lowest BCUT2D eigenvalue weighted by Gasteiger charge is -2.30. The van der Waals surface area contributed by atoms with Crippen LogP contribution in [0.2, 0.25) is 0 Å².